The minimum Gasteiger partial charge on any atom is -0.316 e. The topological polar surface area (TPSA) is 15.3 Å². The first-order chi connectivity index (χ1) is 4.24. The molecule has 2 nitrogen and oxygen atoms in total. The summed E-state index contributed by atoms with van der Waals surface area (Å²) < 4.78 is 0. The van der Waals surface area contributed by atoms with E-state index >= 15 is 0 Å². The summed E-state index contributed by atoms with van der Waals surface area (Å²) in [6.45, 7) is 3.48. The molecule has 0 aromatic rings. The van der Waals surface area contributed by atoms with E-state index in [0.29, 0.717) is 0 Å². The molecule has 0 bridgehead atoms. The predicted octanol–water partition coefficient (Wildman–Crippen LogP) is 0.298. The minimum absolute atomic E-state index is 0.727. The molecule has 1 saturated heterocycles. The van der Waals surface area contributed by atoms with Crippen molar-refractivity contribution in [1.29, 1.82) is 0 Å². The Morgan fingerprint density at radius 2 is 2.22 bits per heavy atom. The molecule has 2 atom stereocenters. The van der Waals surface area contributed by atoms with Gasteiger partial charge in [-0.3, -0.25) is 0 Å². The summed E-state index contributed by atoms with van der Waals surface area (Å²) in [5, 5.41) is 3.28. The minimum atomic E-state index is 0.727. The fourth-order valence-corrected chi connectivity index (χ4v) is 1.40. The largest absolute Gasteiger partial charge is 0.316 e. The van der Waals surface area contributed by atoms with Gasteiger partial charge in [0.15, 0.2) is 0 Å². The van der Waals surface area contributed by atoms with Crippen molar-refractivity contribution in [1.82, 2.24) is 10.2 Å². The van der Waals surface area contributed by atoms with Crippen LogP contribution in [0.2, 0.25) is 0 Å². The molecule has 54 valence electrons. The van der Waals surface area contributed by atoms with Crippen LogP contribution in [0.3, 0.4) is 0 Å². The zero-order chi connectivity index (χ0) is 6.85. The molecule has 0 amide bonds. The average Bonchev–Trinajstić information content (AvgIpc) is 2.13. The molecule has 0 unspecified atom stereocenters. The maximum atomic E-state index is 3.28. The fraction of sp³-hybridized carbons (Fsp3) is 1.00. The Balaban J connectivity index is 2.35. The van der Waals surface area contributed by atoms with E-state index in [2.05, 4.69) is 24.2 Å². The highest BCUT2D eigenvalue weighted by molar-refractivity contribution is 4.83. The monoisotopic (exact) mass is 128 g/mol. The van der Waals surface area contributed by atoms with E-state index in [0.717, 1.165) is 12.1 Å². The molecule has 1 heterocycles. The molecule has 1 N–H and O–H groups in total. The number of nitrogens with zero attached hydrogens (tertiary/aromatic N) is 1. The Morgan fingerprint density at radius 3 is 2.44 bits per heavy atom. The number of likely N-dealkylation sites (N-methyl/N-ethyl adjacent to an activating group) is 2. The molecule has 1 fully saturated rings. The van der Waals surface area contributed by atoms with E-state index < -0.39 is 0 Å². The lowest BCUT2D eigenvalue weighted by Crippen LogP contribution is -2.28. The van der Waals surface area contributed by atoms with Crippen LogP contribution in [0, 0.1) is 0 Å². The van der Waals surface area contributed by atoms with Crippen LogP contribution >= 0.6 is 0 Å². The SMILES string of the molecule is CN[C@@H]1C[C@H](C)N(C)C1. The van der Waals surface area contributed by atoms with E-state index in [1.54, 1.807) is 0 Å². The lowest BCUT2D eigenvalue weighted by molar-refractivity contribution is 0.327. The second-order valence-corrected chi connectivity index (χ2v) is 3.01. The summed E-state index contributed by atoms with van der Waals surface area (Å²) in [7, 11) is 4.22. The Kier molecular flexibility index (Phi) is 2.09. The van der Waals surface area contributed by atoms with Gasteiger partial charge in [-0.25, -0.2) is 0 Å². The third kappa shape index (κ3) is 1.43. The van der Waals surface area contributed by atoms with Gasteiger partial charge in [0.05, 0.1) is 0 Å². The van der Waals surface area contributed by atoms with Crippen molar-refractivity contribution in [2.75, 3.05) is 20.6 Å². The molecule has 0 aromatic heterocycles. The van der Waals surface area contributed by atoms with E-state index in [1.165, 1.54) is 13.0 Å². The number of likely N-dealkylation sites (tertiary alicyclic amines) is 1. The van der Waals surface area contributed by atoms with Gasteiger partial charge in [0.1, 0.15) is 0 Å². The van der Waals surface area contributed by atoms with Crippen molar-refractivity contribution >= 4 is 0 Å². The molecular weight excluding hydrogens is 112 g/mol. The standard InChI is InChI=1S/C7H16N2/c1-6-4-7(8-2)5-9(6)3/h6-8H,4-5H2,1-3H3/t6-,7+/m0/s1. The molecule has 2 heteroatoms. The van der Waals surface area contributed by atoms with Crippen LogP contribution in [0.15, 0.2) is 0 Å². The number of hydrogen-bond donors (Lipinski definition) is 1. The molecule has 1 rings (SSSR count). The molecule has 0 radical (unpaired) electrons. The Hall–Kier alpha value is -0.0800. The van der Waals surface area contributed by atoms with Gasteiger partial charge in [0.25, 0.3) is 0 Å². The molecule has 0 spiro atoms. The maximum absolute atomic E-state index is 3.28. The van der Waals surface area contributed by atoms with Crippen molar-refractivity contribution in [2.45, 2.75) is 25.4 Å². The molecule has 0 saturated carbocycles. The van der Waals surface area contributed by atoms with Crippen LogP contribution in [0.25, 0.3) is 0 Å². The highest BCUT2D eigenvalue weighted by Crippen LogP contribution is 2.13. The fourth-order valence-electron chi connectivity index (χ4n) is 1.40. The predicted molar refractivity (Wildman–Crippen MR) is 39.6 cm³/mol. The zero-order valence-electron chi connectivity index (χ0n) is 6.52. The molecule has 9 heavy (non-hydrogen) atoms. The average molecular weight is 128 g/mol. The highest BCUT2D eigenvalue weighted by atomic mass is 15.2. The molecular formula is C7H16N2. The third-order valence-corrected chi connectivity index (χ3v) is 2.29. The number of rotatable bonds is 1. The molecule has 0 aromatic carbocycles. The van der Waals surface area contributed by atoms with Gasteiger partial charge in [-0.1, -0.05) is 0 Å². The number of hydrogen-bond acceptors (Lipinski definition) is 2. The Bertz CT molecular complexity index is 82.9. The molecule has 0 aliphatic carbocycles. The third-order valence-electron chi connectivity index (χ3n) is 2.29. The summed E-state index contributed by atoms with van der Waals surface area (Å²) in [4.78, 5) is 2.39. The normalized spacial score (nSPS) is 37.7. The second kappa shape index (κ2) is 2.67. The zero-order valence-corrected chi connectivity index (χ0v) is 6.52. The van der Waals surface area contributed by atoms with Gasteiger partial charge in [0, 0.05) is 18.6 Å². The summed E-state index contributed by atoms with van der Waals surface area (Å²) in [5.41, 5.74) is 0. The van der Waals surface area contributed by atoms with Crippen LogP contribution in [-0.4, -0.2) is 37.6 Å². The van der Waals surface area contributed by atoms with Crippen molar-refractivity contribution < 1.29 is 0 Å². The van der Waals surface area contributed by atoms with Gasteiger partial charge in [0.2, 0.25) is 0 Å². The lowest BCUT2D eigenvalue weighted by atomic mass is 10.2. The van der Waals surface area contributed by atoms with E-state index in [1.807, 2.05) is 7.05 Å². The summed E-state index contributed by atoms with van der Waals surface area (Å²) in [6.07, 6.45) is 1.30. The van der Waals surface area contributed by atoms with Gasteiger partial charge < -0.3 is 10.2 Å². The Labute approximate surface area is 57.2 Å². The quantitative estimate of drug-likeness (QED) is 0.546. The maximum Gasteiger partial charge on any atom is 0.0206 e. The van der Waals surface area contributed by atoms with Crippen molar-refractivity contribution in [3.05, 3.63) is 0 Å². The smallest absolute Gasteiger partial charge is 0.0206 e. The number of nitrogens with one attached hydrogen (secondary N) is 1. The van der Waals surface area contributed by atoms with Crippen LogP contribution in [0.1, 0.15) is 13.3 Å². The van der Waals surface area contributed by atoms with Gasteiger partial charge in [-0.05, 0) is 27.4 Å². The van der Waals surface area contributed by atoms with Crippen molar-refractivity contribution in [3.8, 4) is 0 Å². The second-order valence-electron chi connectivity index (χ2n) is 3.01. The summed E-state index contributed by atoms with van der Waals surface area (Å²) in [5.74, 6) is 0. The molecule has 1 aliphatic heterocycles. The first-order valence-electron chi connectivity index (χ1n) is 3.61. The van der Waals surface area contributed by atoms with Crippen molar-refractivity contribution in [3.63, 3.8) is 0 Å². The lowest BCUT2D eigenvalue weighted by Gasteiger charge is -2.12. The Morgan fingerprint density at radius 1 is 1.56 bits per heavy atom. The van der Waals surface area contributed by atoms with E-state index in [9.17, 15) is 0 Å². The van der Waals surface area contributed by atoms with Crippen LogP contribution in [-0.2, 0) is 0 Å². The van der Waals surface area contributed by atoms with Crippen LogP contribution in [0.5, 0.6) is 0 Å². The molecule has 1 aliphatic rings. The van der Waals surface area contributed by atoms with Gasteiger partial charge in [-0.2, -0.15) is 0 Å². The highest BCUT2D eigenvalue weighted by Gasteiger charge is 2.23. The summed E-state index contributed by atoms with van der Waals surface area (Å²) in [6, 6.07) is 1.49. The van der Waals surface area contributed by atoms with Crippen LogP contribution < -0.4 is 5.32 Å². The van der Waals surface area contributed by atoms with Gasteiger partial charge in [-0.15, -0.1) is 0 Å². The van der Waals surface area contributed by atoms with Crippen molar-refractivity contribution in [2.24, 2.45) is 0 Å². The first-order valence-corrected chi connectivity index (χ1v) is 3.61. The first kappa shape index (κ1) is 7.03. The van der Waals surface area contributed by atoms with E-state index in [-0.39, 0.29) is 0 Å². The van der Waals surface area contributed by atoms with Crippen LogP contribution in [0.4, 0.5) is 0 Å². The van der Waals surface area contributed by atoms with Gasteiger partial charge >= 0.3 is 0 Å². The summed E-state index contributed by atoms with van der Waals surface area (Å²) >= 11 is 0. The van der Waals surface area contributed by atoms with E-state index in [4.69, 9.17) is 0 Å².